The summed E-state index contributed by atoms with van der Waals surface area (Å²) in [5, 5.41) is 0. The summed E-state index contributed by atoms with van der Waals surface area (Å²) in [6.45, 7) is 9.13. The van der Waals surface area contributed by atoms with Gasteiger partial charge in [-0.25, -0.2) is 0 Å². The number of nitrogens with two attached hydrogens (primary N) is 1. The predicted octanol–water partition coefficient (Wildman–Crippen LogP) is 3.89. The van der Waals surface area contributed by atoms with Crippen LogP contribution in [0.2, 0.25) is 0 Å². The summed E-state index contributed by atoms with van der Waals surface area (Å²) < 4.78 is 0. The van der Waals surface area contributed by atoms with Crippen molar-refractivity contribution < 1.29 is 0 Å². The summed E-state index contributed by atoms with van der Waals surface area (Å²) in [4.78, 5) is 0. The Morgan fingerprint density at radius 1 is 1.20 bits per heavy atom. The van der Waals surface area contributed by atoms with Gasteiger partial charge in [-0.2, -0.15) is 0 Å². The van der Waals surface area contributed by atoms with Crippen LogP contribution in [0, 0.1) is 25.2 Å². The topological polar surface area (TPSA) is 38.0 Å². The molecule has 112 valence electrons. The fourth-order valence-corrected chi connectivity index (χ4v) is 3.37. The summed E-state index contributed by atoms with van der Waals surface area (Å²) in [6.07, 6.45) is 6.29. The molecule has 2 heteroatoms. The fourth-order valence-electron chi connectivity index (χ4n) is 3.37. The first-order valence-electron chi connectivity index (χ1n) is 7.93. The van der Waals surface area contributed by atoms with E-state index in [2.05, 4.69) is 51.3 Å². The minimum absolute atomic E-state index is 0.410. The Kier molecular flexibility index (Phi) is 4.87. The summed E-state index contributed by atoms with van der Waals surface area (Å²) in [6, 6.07) is 7.20. The number of hydrogen-bond acceptors (Lipinski definition) is 2. The minimum Gasteiger partial charge on any atom is -0.271 e. The molecule has 0 saturated heterocycles. The lowest BCUT2D eigenvalue weighted by molar-refractivity contribution is 0.161. The zero-order valence-corrected chi connectivity index (χ0v) is 13.5. The van der Waals surface area contributed by atoms with Gasteiger partial charge in [-0.05, 0) is 74.0 Å². The van der Waals surface area contributed by atoms with Gasteiger partial charge < -0.3 is 0 Å². The van der Waals surface area contributed by atoms with E-state index in [0.29, 0.717) is 11.5 Å². The van der Waals surface area contributed by atoms with E-state index in [1.165, 1.54) is 42.4 Å². The lowest BCUT2D eigenvalue weighted by Crippen LogP contribution is -2.44. The molecule has 0 aliphatic heterocycles. The van der Waals surface area contributed by atoms with E-state index < -0.39 is 0 Å². The maximum Gasteiger partial charge on any atom is 0.0279 e. The zero-order chi connectivity index (χ0) is 14.8. The van der Waals surface area contributed by atoms with E-state index in [0.717, 1.165) is 12.3 Å². The highest BCUT2D eigenvalue weighted by Crippen LogP contribution is 2.39. The summed E-state index contributed by atoms with van der Waals surface area (Å²) in [7, 11) is 0. The van der Waals surface area contributed by atoms with Gasteiger partial charge in [-0.1, -0.05) is 32.0 Å². The van der Waals surface area contributed by atoms with Crippen LogP contribution in [-0.4, -0.2) is 6.04 Å². The molecule has 0 bridgehead atoms. The summed E-state index contributed by atoms with van der Waals surface area (Å²) in [5.74, 6) is 6.55. The molecule has 1 fully saturated rings. The molecule has 1 unspecified atom stereocenters. The van der Waals surface area contributed by atoms with Crippen LogP contribution in [0.25, 0.3) is 0 Å². The third-order valence-corrected chi connectivity index (χ3v) is 5.19. The molecule has 0 amide bonds. The molecule has 20 heavy (non-hydrogen) atoms. The molecule has 3 N–H and O–H groups in total. The first kappa shape index (κ1) is 15.5. The van der Waals surface area contributed by atoms with Crippen LogP contribution >= 0.6 is 0 Å². The number of benzene rings is 1. The lowest BCUT2D eigenvalue weighted by Gasteiger charge is -2.38. The van der Waals surface area contributed by atoms with Crippen molar-refractivity contribution >= 4 is 0 Å². The Bertz CT molecular complexity index is 441. The van der Waals surface area contributed by atoms with Crippen molar-refractivity contribution in [3.05, 3.63) is 34.9 Å². The normalized spacial score (nSPS) is 20.9. The predicted molar refractivity (Wildman–Crippen MR) is 86.5 cm³/mol. The Morgan fingerprint density at radius 2 is 1.85 bits per heavy atom. The van der Waals surface area contributed by atoms with Crippen LogP contribution in [0.15, 0.2) is 18.2 Å². The van der Waals surface area contributed by atoms with Crippen molar-refractivity contribution in [1.82, 2.24) is 5.43 Å². The highest BCUT2D eigenvalue weighted by atomic mass is 15.2. The van der Waals surface area contributed by atoms with E-state index in [4.69, 9.17) is 5.84 Å². The van der Waals surface area contributed by atoms with Crippen LogP contribution in [-0.2, 0) is 6.42 Å². The van der Waals surface area contributed by atoms with Crippen LogP contribution in [0.5, 0.6) is 0 Å². The third-order valence-electron chi connectivity index (χ3n) is 5.19. The Labute approximate surface area is 124 Å². The monoisotopic (exact) mass is 274 g/mol. The second-order valence-electron chi connectivity index (χ2n) is 7.40. The number of hydrazine groups is 1. The van der Waals surface area contributed by atoms with Gasteiger partial charge in [0.15, 0.2) is 0 Å². The molecule has 2 rings (SSSR count). The molecular weight excluding hydrogens is 244 g/mol. The van der Waals surface area contributed by atoms with Gasteiger partial charge in [0.1, 0.15) is 0 Å². The number of nitrogens with one attached hydrogen (secondary N) is 1. The lowest BCUT2D eigenvalue weighted by atomic mass is 9.70. The summed E-state index contributed by atoms with van der Waals surface area (Å²) in [5.41, 5.74) is 7.75. The Hall–Kier alpha value is -0.860. The van der Waals surface area contributed by atoms with E-state index in [9.17, 15) is 0 Å². The van der Waals surface area contributed by atoms with Crippen molar-refractivity contribution in [3.8, 4) is 0 Å². The highest BCUT2D eigenvalue weighted by Gasteiger charge is 2.30. The van der Waals surface area contributed by atoms with Gasteiger partial charge >= 0.3 is 0 Å². The second-order valence-corrected chi connectivity index (χ2v) is 7.40. The van der Waals surface area contributed by atoms with Crippen molar-refractivity contribution in [2.45, 2.75) is 65.8 Å². The Balaban J connectivity index is 2.00. The Morgan fingerprint density at radius 3 is 2.40 bits per heavy atom. The molecule has 1 aromatic rings. The van der Waals surface area contributed by atoms with Crippen LogP contribution < -0.4 is 11.3 Å². The maximum absolute atomic E-state index is 5.84. The molecule has 1 aliphatic carbocycles. The molecule has 1 atom stereocenters. The van der Waals surface area contributed by atoms with Crippen molar-refractivity contribution in [3.63, 3.8) is 0 Å². The van der Waals surface area contributed by atoms with Crippen LogP contribution in [0.3, 0.4) is 0 Å². The molecule has 1 saturated carbocycles. The molecule has 1 aromatic carbocycles. The third kappa shape index (κ3) is 3.83. The first-order chi connectivity index (χ1) is 9.41. The van der Waals surface area contributed by atoms with Crippen molar-refractivity contribution in [2.24, 2.45) is 17.2 Å². The van der Waals surface area contributed by atoms with E-state index in [1.54, 1.807) is 0 Å². The fraction of sp³-hybridized carbons (Fsp3) is 0.667. The molecule has 2 nitrogen and oxygen atoms in total. The van der Waals surface area contributed by atoms with Gasteiger partial charge in [0.05, 0.1) is 0 Å². The van der Waals surface area contributed by atoms with Crippen LogP contribution in [0.1, 0.15) is 56.2 Å². The van der Waals surface area contributed by atoms with Crippen LogP contribution in [0.4, 0.5) is 0 Å². The molecule has 0 heterocycles. The maximum atomic E-state index is 5.84. The van der Waals surface area contributed by atoms with E-state index in [-0.39, 0.29) is 0 Å². The SMILES string of the molecule is Cc1ccc(CC(NN)C2CCC(C)(C)CC2)cc1C. The smallest absolute Gasteiger partial charge is 0.0279 e. The molecule has 0 spiro atoms. The molecular formula is C18H30N2. The number of aryl methyl sites for hydroxylation is 2. The second kappa shape index (κ2) is 6.28. The van der Waals surface area contributed by atoms with Gasteiger partial charge in [0, 0.05) is 6.04 Å². The highest BCUT2D eigenvalue weighted by molar-refractivity contribution is 5.30. The van der Waals surface area contributed by atoms with Gasteiger partial charge in [0.2, 0.25) is 0 Å². The average Bonchev–Trinajstić information content (AvgIpc) is 2.40. The van der Waals surface area contributed by atoms with Crippen molar-refractivity contribution in [1.29, 1.82) is 0 Å². The van der Waals surface area contributed by atoms with Gasteiger partial charge in [0.25, 0.3) is 0 Å². The van der Waals surface area contributed by atoms with Gasteiger partial charge in [-0.15, -0.1) is 0 Å². The molecule has 0 radical (unpaired) electrons. The van der Waals surface area contributed by atoms with E-state index >= 15 is 0 Å². The largest absolute Gasteiger partial charge is 0.271 e. The molecule has 0 aromatic heterocycles. The number of rotatable bonds is 4. The van der Waals surface area contributed by atoms with E-state index in [1.807, 2.05) is 0 Å². The average molecular weight is 274 g/mol. The zero-order valence-electron chi connectivity index (χ0n) is 13.5. The quantitative estimate of drug-likeness (QED) is 0.645. The number of hydrogen-bond donors (Lipinski definition) is 2. The summed E-state index contributed by atoms with van der Waals surface area (Å²) >= 11 is 0. The standard InChI is InChI=1S/C18H30N2/c1-13-5-6-15(11-14(13)2)12-17(20-19)16-7-9-18(3,4)10-8-16/h5-6,11,16-17,20H,7-10,12,19H2,1-4H3. The minimum atomic E-state index is 0.410. The van der Waals surface area contributed by atoms with Crippen molar-refractivity contribution in [2.75, 3.05) is 0 Å². The van der Waals surface area contributed by atoms with Gasteiger partial charge in [-0.3, -0.25) is 11.3 Å². The molecule has 1 aliphatic rings. The first-order valence-corrected chi connectivity index (χ1v) is 7.93.